The predicted octanol–water partition coefficient (Wildman–Crippen LogP) is 2.29. The third-order valence-electron chi connectivity index (χ3n) is 2.70. The third kappa shape index (κ3) is 3.91. The van der Waals surface area contributed by atoms with Crippen molar-refractivity contribution in [3.05, 3.63) is 46.1 Å². The molecule has 0 aliphatic carbocycles. The van der Waals surface area contributed by atoms with Crippen LogP contribution in [0.5, 0.6) is 0 Å². The Balaban J connectivity index is 1.91. The molecule has 1 N–H and O–H groups in total. The lowest BCUT2D eigenvalue weighted by molar-refractivity contribution is -0.119. The Morgan fingerprint density at radius 2 is 2.10 bits per heavy atom. The predicted molar refractivity (Wildman–Crippen MR) is 81.0 cm³/mol. The minimum Gasteiger partial charge on any atom is -0.452 e. The topological polar surface area (TPSA) is 73.2 Å². The first-order valence-corrected chi connectivity index (χ1v) is 6.99. The first-order chi connectivity index (χ1) is 9.97. The summed E-state index contributed by atoms with van der Waals surface area (Å²) in [5.74, 6) is -0.424. The number of hydrogen-bond donors (Lipinski definition) is 1. The quantitative estimate of drug-likeness (QED) is 0.857. The highest BCUT2D eigenvalue weighted by Crippen LogP contribution is 2.16. The van der Waals surface area contributed by atoms with Crippen molar-refractivity contribution in [1.82, 2.24) is 9.78 Å². The SMILES string of the molecule is Cc1cc(NC(=O)COC(=O)c2ccccc2Br)n(C)n1. The van der Waals surface area contributed by atoms with Crippen LogP contribution in [0.15, 0.2) is 34.8 Å². The number of nitrogens with zero attached hydrogens (tertiary/aromatic N) is 2. The van der Waals surface area contributed by atoms with Crippen molar-refractivity contribution in [2.24, 2.45) is 7.05 Å². The summed E-state index contributed by atoms with van der Waals surface area (Å²) in [7, 11) is 1.72. The van der Waals surface area contributed by atoms with Gasteiger partial charge in [-0.15, -0.1) is 0 Å². The summed E-state index contributed by atoms with van der Waals surface area (Å²) in [6, 6.07) is 8.59. The van der Waals surface area contributed by atoms with E-state index in [4.69, 9.17) is 4.74 Å². The first kappa shape index (κ1) is 15.2. The summed E-state index contributed by atoms with van der Waals surface area (Å²) in [6.07, 6.45) is 0. The van der Waals surface area contributed by atoms with Gasteiger partial charge in [-0.25, -0.2) is 4.79 Å². The summed E-state index contributed by atoms with van der Waals surface area (Å²) in [5, 5.41) is 6.73. The van der Waals surface area contributed by atoms with Gasteiger partial charge >= 0.3 is 5.97 Å². The zero-order valence-electron chi connectivity index (χ0n) is 11.6. The minimum atomic E-state index is -0.557. The fourth-order valence-electron chi connectivity index (χ4n) is 1.74. The molecule has 1 amide bonds. The largest absolute Gasteiger partial charge is 0.452 e. The Morgan fingerprint density at radius 3 is 2.71 bits per heavy atom. The van der Waals surface area contributed by atoms with Crippen LogP contribution in [0.2, 0.25) is 0 Å². The number of halogens is 1. The molecule has 0 unspecified atom stereocenters. The Morgan fingerprint density at radius 1 is 1.38 bits per heavy atom. The Kier molecular flexibility index (Phi) is 4.74. The molecule has 0 fully saturated rings. The van der Waals surface area contributed by atoms with E-state index in [0.29, 0.717) is 15.9 Å². The van der Waals surface area contributed by atoms with E-state index < -0.39 is 11.9 Å². The molecule has 21 heavy (non-hydrogen) atoms. The van der Waals surface area contributed by atoms with Gasteiger partial charge in [-0.1, -0.05) is 12.1 Å². The summed E-state index contributed by atoms with van der Waals surface area (Å²) in [6.45, 7) is 1.47. The van der Waals surface area contributed by atoms with Crippen molar-refractivity contribution < 1.29 is 14.3 Å². The monoisotopic (exact) mass is 351 g/mol. The molecule has 6 nitrogen and oxygen atoms in total. The molecule has 1 heterocycles. The summed E-state index contributed by atoms with van der Waals surface area (Å²) >= 11 is 3.26. The van der Waals surface area contributed by atoms with E-state index in [1.807, 2.05) is 6.92 Å². The van der Waals surface area contributed by atoms with Crippen LogP contribution < -0.4 is 5.32 Å². The third-order valence-corrected chi connectivity index (χ3v) is 3.39. The fourth-order valence-corrected chi connectivity index (χ4v) is 2.19. The standard InChI is InChI=1S/C14H14BrN3O3/c1-9-7-12(18(2)17-9)16-13(19)8-21-14(20)10-5-3-4-6-11(10)15/h3-7H,8H2,1-2H3,(H,16,19). The number of carbonyl (C=O) groups is 2. The van der Waals surface area contributed by atoms with E-state index in [0.717, 1.165) is 5.69 Å². The molecule has 110 valence electrons. The highest BCUT2D eigenvalue weighted by atomic mass is 79.9. The van der Waals surface area contributed by atoms with Crippen LogP contribution in [0.3, 0.4) is 0 Å². The molecule has 0 spiro atoms. The van der Waals surface area contributed by atoms with Crippen molar-refractivity contribution in [2.75, 3.05) is 11.9 Å². The second-order valence-corrected chi connectivity index (χ2v) is 5.25. The Labute approximate surface area is 130 Å². The van der Waals surface area contributed by atoms with Gasteiger partial charge in [0.15, 0.2) is 6.61 Å². The van der Waals surface area contributed by atoms with Crippen LogP contribution in [-0.2, 0) is 16.6 Å². The number of aryl methyl sites for hydroxylation is 2. The highest BCUT2D eigenvalue weighted by molar-refractivity contribution is 9.10. The lowest BCUT2D eigenvalue weighted by Crippen LogP contribution is -2.22. The van der Waals surface area contributed by atoms with Crippen molar-refractivity contribution in [3.63, 3.8) is 0 Å². The summed E-state index contributed by atoms with van der Waals surface area (Å²) < 4.78 is 7.15. The van der Waals surface area contributed by atoms with E-state index in [-0.39, 0.29) is 6.61 Å². The maximum atomic E-state index is 11.8. The maximum absolute atomic E-state index is 11.8. The minimum absolute atomic E-state index is 0.357. The molecule has 2 aromatic rings. The van der Waals surface area contributed by atoms with Gasteiger partial charge in [0.1, 0.15) is 5.82 Å². The molecule has 0 radical (unpaired) electrons. The van der Waals surface area contributed by atoms with Crippen molar-refractivity contribution in [1.29, 1.82) is 0 Å². The van der Waals surface area contributed by atoms with Gasteiger partial charge in [-0.05, 0) is 35.0 Å². The molecule has 0 aliphatic heterocycles. The number of ether oxygens (including phenoxy) is 1. The summed E-state index contributed by atoms with van der Waals surface area (Å²) in [4.78, 5) is 23.6. The molecule has 0 saturated heterocycles. The lowest BCUT2D eigenvalue weighted by atomic mass is 10.2. The van der Waals surface area contributed by atoms with Gasteiger partial charge in [0.05, 0.1) is 11.3 Å². The zero-order chi connectivity index (χ0) is 15.4. The van der Waals surface area contributed by atoms with Crippen LogP contribution in [0.25, 0.3) is 0 Å². The Bertz CT molecular complexity index is 682. The molecule has 0 atom stereocenters. The lowest BCUT2D eigenvalue weighted by Gasteiger charge is -2.07. The van der Waals surface area contributed by atoms with E-state index in [1.54, 1.807) is 42.1 Å². The second-order valence-electron chi connectivity index (χ2n) is 4.40. The van der Waals surface area contributed by atoms with E-state index in [1.165, 1.54) is 0 Å². The average molecular weight is 352 g/mol. The summed E-state index contributed by atoms with van der Waals surface area (Å²) in [5.41, 5.74) is 1.17. The van der Waals surface area contributed by atoms with Crippen LogP contribution in [-0.4, -0.2) is 28.3 Å². The number of benzene rings is 1. The van der Waals surface area contributed by atoms with Crippen molar-refractivity contribution >= 4 is 33.6 Å². The average Bonchev–Trinajstić information content (AvgIpc) is 2.74. The molecule has 1 aromatic carbocycles. The number of amides is 1. The number of aromatic nitrogens is 2. The Hall–Kier alpha value is -2.15. The molecule has 2 rings (SSSR count). The molecule has 0 bridgehead atoms. The normalized spacial score (nSPS) is 10.2. The number of nitrogens with one attached hydrogen (secondary N) is 1. The smallest absolute Gasteiger partial charge is 0.339 e. The highest BCUT2D eigenvalue weighted by Gasteiger charge is 2.13. The maximum Gasteiger partial charge on any atom is 0.339 e. The van der Waals surface area contributed by atoms with Gasteiger partial charge in [0.2, 0.25) is 0 Å². The molecule has 1 aromatic heterocycles. The number of rotatable bonds is 4. The first-order valence-electron chi connectivity index (χ1n) is 6.19. The van der Waals surface area contributed by atoms with Crippen LogP contribution >= 0.6 is 15.9 Å². The van der Waals surface area contributed by atoms with Crippen molar-refractivity contribution in [3.8, 4) is 0 Å². The molecule has 0 saturated carbocycles. The van der Waals surface area contributed by atoms with E-state index in [9.17, 15) is 9.59 Å². The molecular formula is C14H14BrN3O3. The van der Waals surface area contributed by atoms with Gasteiger partial charge in [-0.2, -0.15) is 5.10 Å². The molecular weight excluding hydrogens is 338 g/mol. The van der Waals surface area contributed by atoms with Crippen LogP contribution in [0.1, 0.15) is 16.1 Å². The molecule has 0 aliphatic rings. The van der Waals surface area contributed by atoms with Crippen LogP contribution in [0, 0.1) is 6.92 Å². The second kappa shape index (κ2) is 6.53. The van der Waals surface area contributed by atoms with E-state index >= 15 is 0 Å². The zero-order valence-corrected chi connectivity index (χ0v) is 13.2. The number of carbonyl (C=O) groups excluding carboxylic acids is 2. The number of esters is 1. The van der Waals surface area contributed by atoms with Gasteiger partial charge in [0.25, 0.3) is 5.91 Å². The van der Waals surface area contributed by atoms with Gasteiger partial charge in [0, 0.05) is 17.6 Å². The fraction of sp³-hybridized carbons (Fsp3) is 0.214. The number of anilines is 1. The molecule has 7 heteroatoms. The van der Waals surface area contributed by atoms with E-state index in [2.05, 4.69) is 26.3 Å². The van der Waals surface area contributed by atoms with Crippen LogP contribution in [0.4, 0.5) is 5.82 Å². The number of hydrogen-bond acceptors (Lipinski definition) is 4. The van der Waals surface area contributed by atoms with Gasteiger partial charge in [-0.3, -0.25) is 9.48 Å². The van der Waals surface area contributed by atoms with Crippen molar-refractivity contribution in [2.45, 2.75) is 6.92 Å². The van der Waals surface area contributed by atoms with Gasteiger partial charge < -0.3 is 10.1 Å².